The number of ether oxygens (including phenoxy) is 1. The van der Waals surface area contributed by atoms with Crippen LogP contribution in [0.5, 0.6) is 5.88 Å². The van der Waals surface area contributed by atoms with E-state index in [1.54, 1.807) is 38.4 Å². The van der Waals surface area contributed by atoms with Crippen molar-refractivity contribution < 1.29 is 22.7 Å². The van der Waals surface area contributed by atoms with Gasteiger partial charge in [-0.3, -0.25) is 4.79 Å². The third-order valence-electron chi connectivity index (χ3n) is 4.04. The van der Waals surface area contributed by atoms with Crippen molar-refractivity contribution in [3.63, 3.8) is 0 Å². The number of hydrogen-bond donors (Lipinski definition) is 2. The molecule has 0 atom stereocenters. The van der Waals surface area contributed by atoms with Crippen molar-refractivity contribution in [3.8, 4) is 5.88 Å². The lowest BCUT2D eigenvalue weighted by Crippen LogP contribution is -2.37. The Morgan fingerprint density at radius 1 is 1.16 bits per heavy atom. The summed E-state index contributed by atoms with van der Waals surface area (Å²) in [6.45, 7) is 1.64. The average molecular weight is 437 g/mol. The monoisotopic (exact) mass is 437 g/mol. The topological polar surface area (TPSA) is 78.9 Å². The zero-order valence-corrected chi connectivity index (χ0v) is 17.7. The maximum atomic E-state index is 12.4. The molecule has 1 aromatic carbocycles. The smallest absolute Gasteiger partial charge is 0.422 e. The molecular weight excluding hydrogens is 411 g/mol. The zero-order valence-electron chi connectivity index (χ0n) is 17.7. The van der Waals surface area contributed by atoms with Gasteiger partial charge in [0.25, 0.3) is 5.91 Å². The highest BCUT2D eigenvalue weighted by Gasteiger charge is 2.29. The minimum atomic E-state index is -4.44. The number of guanidine groups is 1. The number of nitrogens with one attached hydrogen (secondary N) is 2. The number of amides is 1. The first-order valence-corrected chi connectivity index (χ1v) is 9.66. The number of nitrogens with zero attached hydrogens (tertiary/aromatic N) is 3. The molecule has 1 amide bonds. The summed E-state index contributed by atoms with van der Waals surface area (Å²) >= 11 is 0. The quantitative estimate of drug-likeness (QED) is 0.490. The molecule has 0 aliphatic carbocycles. The van der Waals surface area contributed by atoms with Gasteiger partial charge in [0.1, 0.15) is 0 Å². The number of halogens is 3. The fourth-order valence-corrected chi connectivity index (χ4v) is 2.54. The molecule has 0 saturated carbocycles. The molecule has 168 valence electrons. The molecule has 1 aromatic heterocycles. The van der Waals surface area contributed by atoms with Gasteiger partial charge in [-0.25, -0.2) is 9.98 Å². The fraction of sp³-hybridized carbons (Fsp3) is 0.381. The minimum Gasteiger partial charge on any atom is -0.468 e. The number of aromatic nitrogens is 1. The molecule has 7 nitrogen and oxygen atoms in total. The Balaban J connectivity index is 2.02. The van der Waals surface area contributed by atoms with E-state index in [1.807, 2.05) is 19.1 Å². The van der Waals surface area contributed by atoms with Crippen LogP contribution in [0.3, 0.4) is 0 Å². The number of hydrogen-bond acceptors (Lipinski definition) is 4. The summed E-state index contributed by atoms with van der Waals surface area (Å²) in [6, 6.07) is 10.4. The highest BCUT2D eigenvalue weighted by molar-refractivity contribution is 5.93. The van der Waals surface area contributed by atoms with Crippen LogP contribution in [0, 0.1) is 0 Å². The average Bonchev–Trinajstić information content (AvgIpc) is 2.74. The lowest BCUT2D eigenvalue weighted by Gasteiger charge is -2.14. The standard InChI is InChI=1S/C21H26F3N5O2/c1-4-25-20(27-12-15-7-9-16(10-8-15)19(30)29(2)3)28-13-17-6-5-11-26-18(17)31-14-21(22,23)24/h5-11H,4,12-14H2,1-3H3,(H2,25,27,28). The highest BCUT2D eigenvalue weighted by Crippen LogP contribution is 2.19. The second-order valence-electron chi connectivity index (χ2n) is 6.82. The van der Waals surface area contributed by atoms with E-state index in [0.717, 1.165) is 5.56 Å². The van der Waals surface area contributed by atoms with Crippen LogP contribution in [0.1, 0.15) is 28.4 Å². The summed E-state index contributed by atoms with van der Waals surface area (Å²) in [4.78, 5) is 21.8. The Bertz CT molecular complexity index is 883. The van der Waals surface area contributed by atoms with Crippen molar-refractivity contribution in [1.82, 2.24) is 20.5 Å². The Morgan fingerprint density at radius 3 is 2.48 bits per heavy atom. The van der Waals surface area contributed by atoms with Crippen molar-refractivity contribution in [1.29, 1.82) is 0 Å². The molecule has 0 bridgehead atoms. The van der Waals surface area contributed by atoms with Gasteiger partial charge in [-0.1, -0.05) is 18.2 Å². The normalized spacial score (nSPS) is 11.7. The van der Waals surface area contributed by atoms with Crippen molar-refractivity contribution in [3.05, 3.63) is 59.3 Å². The molecule has 2 rings (SSSR count). The highest BCUT2D eigenvalue weighted by atomic mass is 19.4. The summed E-state index contributed by atoms with van der Waals surface area (Å²) in [5.74, 6) is 0.330. The van der Waals surface area contributed by atoms with Gasteiger partial charge in [0.2, 0.25) is 5.88 Å². The molecule has 31 heavy (non-hydrogen) atoms. The number of benzene rings is 1. The summed E-state index contributed by atoms with van der Waals surface area (Å²) < 4.78 is 42.1. The largest absolute Gasteiger partial charge is 0.468 e. The molecule has 0 saturated heterocycles. The fourth-order valence-electron chi connectivity index (χ4n) is 2.54. The van der Waals surface area contributed by atoms with Gasteiger partial charge in [-0.15, -0.1) is 0 Å². The van der Waals surface area contributed by atoms with E-state index in [2.05, 4.69) is 20.6 Å². The first-order chi connectivity index (χ1) is 14.7. The Morgan fingerprint density at radius 2 is 1.87 bits per heavy atom. The molecule has 0 fully saturated rings. The molecule has 10 heteroatoms. The van der Waals surface area contributed by atoms with Crippen LogP contribution in [-0.4, -0.2) is 55.2 Å². The van der Waals surface area contributed by atoms with E-state index in [-0.39, 0.29) is 18.3 Å². The summed E-state index contributed by atoms with van der Waals surface area (Å²) in [5.41, 5.74) is 1.97. The second kappa shape index (κ2) is 11.2. The number of pyridine rings is 1. The molecular formula is C21H26F3N5O2. The van der Waals surface area contributed by atoms with Gasteiger partial charge in [0, 0.05) is 44.5 Å². The maximum Gasteiger partial charge on any atom is 0.422 e. The molecule has 0 unspecified atom stereocenters. The minimum absolute atomic E-state index is 0.0786. The SMILES string of the molecule is CCNC(=NCc1ccc(C(=O)N(C)C)cc1)NCc1cccnc1OCC(F)(F)F. The second-order valence-corrected chi connectivity index (χ2v) is 6.82. The molecule has 0 spiro atoms. The van der Waals surface area contributed by atoms with Gasteiger partial charge < -0.3 is 20.3 Å². The molecule has 2 N–H and O–H groups in total. The van der Waals surface area contributed by atoms with Crippen molar-refractivity contribution in [2.75, 3.05) is 27.2 Å². The van der Waals surface area contributed by atoms with E-state index in [0.29, 0.717) is 30.2 Å². The molecule has 1 heterocycles. The first kappa shape index (κ1) is 24.0. The van der Waals surface area contributed by atoms with Crippen LogP contribution in [0.2, 0.25) is 0 Å². The Labute approximate surface area is 179 Å². The Kier molecular flexibility index (Phi) is 8.65. The van der Waals surface area contributed by atoms with Crippen LogP contribution >= 0.6 is 0 Å². The van der Waals surface area contributed by atoms with E-state index in [1.165, 1.54) is 11.1 Å². The van der Waals surface area contributed by atoms with E-state index in [9.17, 15) is 18.0 Å². The third-order valence-corrected chi connectivity index (χ3v) is 4.04. The third kappa shape index (κ3) is 8.15. The first-order valence-electron chi connectivity index (χ1n) is 9.66. The van der Waals surface area contributed by atoms with E-state index in [4.69, 9.17) is 4.74 Å². The number of aliphatic imine (C=N–C) groups is 1. The van der Waals surface area contributed by atoms with Gasteiger partial charge in [-0.05, 0) is 30.7 Å². The molecule has 0 radical (unpaired) electrons. The van der Waals surface area contributed by atoms with Gasteiger partial charge in [0.05, 0.1) is 6.54 Å². The van der Waals surface area contributed by atoms with Gasteiger partial charge in [-0.2, -0.15) is 13.2 Å². The number of alkyl halides is 3. The summed E-state index contributed by atoms with van der Waals surface area (Å²) in [7, 11) is 3.38. The maximum absolute atomic E-state index is 12.4. The van der Waals surface area contributed by atoms with Crippen LogP contribution in [0.4, 0.5) is 13.2 Å². The van der Waals surface area contributed by atoms with Gasteiger partial charge in [0.15, 0.2) is 12.6 Å². The van der Waals surface area contributed by atoms with Crippen molar-refractivity contribution >= 4 is 11.9 Å². The summed E-state index contributed by atoms with van der Waals surface area (Å²) in [5, 5.41) is 6.15. The van der Waals surface area contributed by atoms with Crippen molar-refractivity contribution in [2.45, 2.75) is 26.2 Å². The molecule has 0 aliphatic rings. The number of rotatable bonds is 8. The van der Waals surface area contributed by atoms with Crippen LogP contribution < -0.4 is 15.4 Å². The number of carbonyl (C=O) groups is 1. The molecule has 0 aliphatic heterocycles. The lowest BCUT2D eigenvalue weighted by molar-refractivity contribution is -0.154. The van der Waals surface area contributed by atoms with Crippen molar-refractivity contribution in [2.24, 2.45) is 4.99 Å². The van der Waals surface area contributed by atoms with Crippen LogP contribution in [0.25, 0.3) is 0 Å². The van der Waals surface area contributed by atoms with Gasteiger partial charge >= 0.3 is 6.18 Å². The van der Waals surface area contributed by atoms with Crippen LogP contribution in [0.15, 0.2) is 47.6 Å². The predicted molar refractivity (Wildman–Crippen MR) is 112 cm³/mol. The van der Waals surface area contributed by atoms with E-state index < -0.39 is 12.8 Å². The van der Waals surface area contributed by atoms with Crippen LogP contribution in [-0.2, 0) is 13.1 Å². The predicted octanol–water partition coefficient (Wildman–Crippen LogP) is 2.98. The number of carbonyl (C=O) groups excluding carboxylic acids is 1. The van der Waals surface area contributed by atoms with E-state index >= 15 is 0 Å². The molecule has 2 aromatic rings. The zero-order chi connectivity index (χ0) is 22.9. The summed E-state index contributed by atoms with van der Waals surface area (Å²) in [6.07, 6.45) is -3.06. The lowest BCUT2D eigenvalue weighted by atomic mass is 10.1. The Hall–Kier alpha value is -3.30.